The van der Waals surface area contributed by atoms with E-state index in [9.17, 15) is 8.78 Å². The number of hydrogen-bond acceptors (Lipinski definition) is 4. The smallest absolute Gasteiger partial charge is 0.159 e. The van der Waals surface area contributed by atoms with Crippen molar-refractivity contribution < 1.29 is 13.5 Å². The zero-order valence-corrected chi connectivity index (χ0v) is 15.5. The van der Waals surface area contributed by atoms with Crippen LogP contribution in [0.1, 0.15) is 31.7 Å². The van der Waals surface area contributed by atoms with E-state index in [4.69, 9.17) is 10.00 Å². The van der Waals surface area contributed by atoms with Crippen LogP contribution in [-0.4, -0.2) is 16.6 Å². The Balaban J connectivity index is 1.73. The molecule has 0 unspecified atom stereocenters. The zero-order chi connectivity index (χ0) is 19.9. The fourth-order valence-corrected chi connectivity index (χ4v) is 2.72. The highest BCUT2D eigenvalue weighted by Gasteiger charge is 2.13. The highest BCUT2D eigenvalue weighted by atomic mass is 19.1. The van der Waals surface area contributed by atoms with Crippen molar-refractivity contribution in [2.45, 2.75) is 26.2 Å². The molecule has 142 valence electrons. The Labute approximate surface area is 162 Å². The summed E-state index contributed by atoms with van der Waals surface area (Å²) < 4.78 is 33.3. The molecular formula is C22H19F2N3O. The lowest BCUT2D eigenvalue weighted by atomic mass is 10.1. The van der Waals surface area contributed by atoms with Gasteiger partial charge >= 0.3 is 0 Å². The summed E-state index contributed by atoms with van der Waals surface area (Å²) in [4.78, 5) is 8.39. The van der Waals surface area contributed by atoms with Gasteiger partial charge in [0, 0.05) is 23.5 Å². The van der Waals surface area contributed by atoms with Crippen LogP contribution in [0.15, 0.2) is 48.8 Å². The predicted octanol–water partition coefficient (Wildman–Crippen LogP) is 5.53. The summed E-state index contributed by atoms with van der Waals surface area (Å²) >= 11 is 0. The van der Waals surface area contributed by atoms with Gasteiger partial charge in [-0.2, -0.15) is 5.26 Å². The summed E-state index contributed by atoms with van der Waals surface area (Å²) in [6.45, 7) is 2.85. The monoisotopic (exact) mass is 379 g/mol. The minimum Gasteiger partial charge on any atom is -0.494 e. The molecule has 0 aliphatic rings. The first-order chi connectivity index (χ1) is 13.6. The van der Waals surface area contributed by atoms with Crippen molar-refractivity contribution in [1.82, 2.24) is 9.97 Å². The van der Waals surface area contributed by atoms with Gasteiger partial charge in [-0.3, -0.25) is 0 Å². The van der Waals surface area contributed by atoms with Gasteiger partial charge in [-0.25, -0.2) is 18.7 Å². The Bertz CT molecular complexity index is 957. The van der Waals surface area contributed by atoms with Gasteiger partial charge in [-0.15, -0.1) is 0 Å². The third kappa shape index (κ3) is 4.49. The van der Waals surface area contributed by atoms with Crippen molar-refractivity contribution in [3.05, 3.63) is 66.0 Å². The molecular weight excluding hydrogens is 360 g/mol. The minimum absolute atomic E-state index is 0.177. The summed E-state index contributed by atoms with van der Waals surface area (Å²) in [7, 11) is 0. The molecule has 0 radical (unpaired) electrons. The molecule has 0 aliphatic heterocycles. The molecule has 2 aromatic carbocycles. The molecule has 4 nitrogen and oxygen atoms in total. The molecule has 3 rings (SSSR count). The van der Waals surface area contributed by atoms with Crippen molar-refractivity contribution in [1.29, 1.82) is 5.26 Å². The van der Waals surface area contributed by atoms with Crippen LogP contribution < -0.4 is 4.74 Å². The summed E-state index contributed by atoms with van der Waals surface area (Å²) in [5.74, 6) is -0.873. The maximum atomic E-state index is 13.8. The topological polar surface area (TPSA) is 58.8 Å². The average molecular weight is 379 g/mol. The number of halogens is 2. The van der Waals surface area contributed by atoms with Crippen molar-refractivity contribution in [2.24, 2.45) is 0 Å². The molecule has 0 bridgehead atoms. The zero-order valence-electron chi connectivity index (χ0n) is 15.5. The molecule has 0 atom stereocenters. The van der Waals surface area contributed by atoms with E-state index in [-0.39, 0.29) is 11.4 Å². The maximum Gasteiger partial charge on any atom is 0.159 e. The molecule has 28 heavy (non-hydrogen) atoms. The van der Waals surface area contributed by atoms with Crippen LogP contribution in [0.4, 0.5) is 8.78 Å². The van der Waals surface area contributed by atoms with Gasteiger partial charge < -0.3 is 4.74 Å². The van der Waals surface area contributed by atoms with E-state index in [0.717, 1.165) is 48.3 Å². The Kier molecular flexibility index (Phi) is 6.28. The van der Waals surface area contributed by atoms with Crippen molar-refractivity contribution in [3.8, 4) is 34.3 Å². The van der Waals surface area contributed by atoms with Gasteiger partial charge in [0.15, 0.2) is 5.82 Å². The molecule has 1 heterocycles. The molecule has 0 aliphatic carbocycles. The van der Waals surface area contributed by atoms with Gasteiger partial charge in [-0.05, 0) is 36.2 Å². The summed E-state index contributed by atoms with van der Waals surface area (Å²) in [5, 5.41) is 8.74. The first kappa shape index (κ1) is 19.4. The molecule has 0 saturated heterocycles. The van der Waals surface area contributed by atoms with Crippen LogP contribution in [0.2, 0.25) is 0 Å². The summed E-state index contributed by atoms with van der Waals surface area (Å²) in [6.07, 6.45) is 6.51. The predicted molar refractivity (Wildman–Crippen MR) is 103 cm³/mol. The van der Waals surface area contributed by atoms with Gasteiger partial charge in [-0.1, -0.05) is 31.9 Å². The number of aromatic nitrogens is 2. The Hall–Kier alpha value is -3.33. The second-order valence-corrected chi connectivity index (χ2v) is 6.30. The van der Waals surface area contributed by atoms with Crippen molar-refractivity contribution >= 4 is 0 Å². The minimum atomic E-state index is -0.931. The Morgan fingerprint density at radius 3 is 2.14 bits per heavy atom. The van der Waals surface area contributed by atoms with Crippen LogP contribution in [-0.2, 0) is 0 Å². The molecule has 0 amide bonds. The van der Waals surface area contributed by atoms with Crippen LogP contribution in [0.5, 0.6) is 5.75 Å². The largest absolute Gasteiger partial charge is 0.494 e. The van der Waals surface area contributed by atoms with E-state index in [1.165, 1.54) is 6.07 Å². The van der Waals surface area contributed by atoms with Crippen LogP contribution >= 0.6 is 0 Å². The van der Waals surface area contributed by atoms with Crippen LogP contribution in [0.3, 0.4) is 0 Å². The molecule has 6 heteroatoms. The van der Waals surface area contributed by atoms with Crippen molar-refractivity contribution in [2.75, 3.05) is 6.61 Å². The standard InChI is InChI=1S/C22H19F2N3O/c1-2-3-4-9-28-18-7-5-15(6-8-18)17-13-26-22(27-14-17)16-10-20(23)19(12-25)21(24)11-16/h5-8,10-11,13-14H,2-4,9H2,1H3. The third-order valence-electron chi connectivity index (χ3n) is 4.27. The Morgan fingerprint density at radius 2 is 1.57 bits per heavy atom. The first-order valence-electron chi connectivity index (χ1n) is 9.07. The summed E-state index contributed by atoms with van der Waals surface area (Å²) in [5.41, 5.74) is 1.24. The van der Waals surface area contributed by atoms with Crippen molar-refractivity contribution in [3.63, 3.8) is 0 Å². The second-order valence-electron chi connectivity index (χ2n) is 6.30. The molecule has 3 aromatic rings. The number of nitriles is 1. The van der Waals surface area contributed by atoms with E-state index in [1.54, 1.807) is 12.4 Å². The fraction of sp³-hybridized carbons (Fsp3) is 0.227. The lowest BCUT2D eigenvalue weighted by Gasteiger charge is -2.07. The quantitative estimate of drug-likeness (QED) is 0.507. The number of rotatable bonds is 7. The van der Waals surface area contributed by atoms with Gasteiger partial charge in [0.2, 0.25) is 0 Å². The van der Waals surface area contributed by atoms with Crippen LogP contribution in [0.25, 0.3) is 22.5 Å². The molecule has 0 fully saturated rings. The van der Waals surface area contributed by atoms with E-state index in [2.05, 4.69) is 16.9 Å². The highest BCUT2D eigenvalue weighted by molar-refractivity contribution is 5.64. The van der Waals surface area contributed by atoms with Crippen LogP contribution in [0, 0.1) is 23.0 Å². The number of ether oxygens (including phenoxy) is 1. The summed E-state index contributed by atoms with van der Waals surface area (Å²) in [6, 6.07) is 11.2. The number of benzene rings is 2. The van der Waals surface area contributed by atoms with Gasteiger partial charge in [0.25, 0.3) is 0 Å². The van der Waals surface area contributed by atoms with E-state index < -0.39 is 17.2 Å². The molecule has 0 saturated carbocycles. The third-order valence-corrected chi connectivity index (χ3v) is 4.27. The Morgan fingerprint density at radius 1 is 0.929 bits per heavy atom. The van der Waals surface area contributed by atoms with Gasteiger partial charge in [0.05, 0.1) is 6.61 Å². The number of hydrogen-bond donors (Lipinski definition) is 0. The van der Waals surface area contributed by atoms with E-state index in [1.807, 2.05) is 24.3 Å². The highest BCUT2D eigenvalue weighted by Crippen LogP contribution is 2.25. The van der Waals surface area contributed by atoms with E-state index in [0.29, 0.717) is 6.61 Å². The maximum absolute atomic E-state index is 13.8. The first-order valence-corrected chi connectivity index (χ1v) is 9.07. The molecule has 1 aromatic heterocycles. The normalized spacial score (nSPS) is 10.5. The lowest BCUT2D eigenvalue weighted by Crippen LogP contribution is -1.97. The number of nitrogens with zero attached hydrogens (tertiary/aromatic N) is 3. The van der Waals surface area contributed by atoms with Gasteiger partial charge in [0.1, 0.15) is 29.0 Å². The molecule has 0 N–H and O–H groups in total. The average Bonchev–Trinajstić information content (AvgIpc) is 2.72. The lowest BCUT2D eigenvalue weighted by molar-refractivity contribution is 0.306. The second kappa shape index (κ2) is 9.05. The molecule has 0 spiro atoms. The SMILES string of the molecule is CCCCCOc1ccc(-c2cnc(-c3cc(F)c(C#N)c(F)c3)nc2)cc1. The fourth-order valence-electron chi connectivity index (χ4n) is 2.72. The van der Waals surface area contributed by atoms with E-state index >= 15 is 0 Å². The number of unbranched alkanes of at least 4 members (excludes halogenated alkanes) is 2.